The Balaban J connectivity index is 1.79. The molecule has 1 unspecified atom stereocenters. The van der Waals surface area contributed by atoms with Gasteiger partial charge in [0, 0.05) is 30.8 Å². The first-order valence-electron chi connectivity index (χ1n) is 8.24. The summed E-state index contributed by atoms with van der Waals surface area (Å²) in [6.07, 6.45) is 4.01. The van der Waals surface area contributed by atoms with E-state index in [9.17, 15) is 9.50 Å². The van der Waals surface area contributed by atoms with E-state index in [1.54, 1.807) is 18.3 Å². The van der Waals surface area contributed by atoms with Crippen LogP contribution in [-0.4, -0.2) is 38.9 Å². The maximum absolute atomic E-state index is 13.2. The van der Waals surface area contributed by atoms with E-state index in [0.717, 1.165) is 55.1 Å². The number of fused-ring (bicyclic) bond motifs is 1. The number of benzene rings is 1. The van der Waals surface area contributed by atoms with E-state index in [2.05, 4.69) is 15.0 Å². The fourth-order valence-electron chi connectivity index (χ4n) is 3.20. The molecule has 1 N–H and O–H groups in total. The second kappa shape index (κ2) is 6.20. The molecule has 4 rings (SSSR count). The molecule has 1 saturated heterocycles. The Kier molecular flexibility index (Phi) is 3.90. The van der Waals surface area contributed by atoms with E-state index in [0.29, 0.717) is 0 Å². The van der Waals surface area contributed by atoms with Crippen molar-refractivity contribution in [3.8, 4) is 11.3 Å². The van der Waals surface area contributed by atoms with Gasteiger partial charge in [0.25, 0.3) is 0 Å². The molecule has 1 aromatic carbocycles. The Morgan fingerprint density at radius 3 is 2.75 bits per heavy atom. The largest absolute Gasteiger partial charge is 0.393 e. The molecule has 3 aromatic rings. The molecule has 124 valence electrons. The molecule has 1 aliphatic heterocycles. The highest BCUT2D eigenvalue weighted by Gasteiger charge is 2.19. The average Bonchev–Trinajstić information content (AvgIpc) is 2.96. The molecule has 0 amide bonds. The summed E-state index contributed by atoms with van der Waals surface area (Å²) in [5, 5.41) is 14.3. The zero-order chi connectivity index (χ0) is 16.5. The fraction of sp³-hybridized carbons (Fsp3) is 0.333. The van der Waals surface area contributed by atoms with Crippen LogP contribution in [0, 0.1) is 5.82 Å². The van der Waals surface area contributed by atoms with Crippen LogP contribution in [0.1, 0.15) is 19.3 Å². The fourth-order valence-corrected chi connectivity index (χ4v) is 3.20. The lowest BCUT2D eigenvalue weighted by molar-refractivity contribution is 0.161. The SMILES string of the molecule is OC1CCCN(c2cc(-c3ccc(F)cc3)nc3ccnn23)CC1. The van der Waals surface area contributed by atoms with Crippen molar-refractivity contribution in [1.82, 2.24) is 14.6 Å². The number of hydrogen-bond acceptors (Lipinski definition) is 4. The molecule has 1 fully saturated rings. The van der Waals surface area contributed by atoms with Crippen LogP contribution in [-0.2, 0) is 0 Å². The van der Waals surface area contributed by atoms with E-state index in [-0.39, 0.29) is 11.9 Å². The highest BCUT2D eigenvalue weighted by molar-refractivity contribution is 5.66. The van der Waals surface area contributed by atoms with Crippen molar-refractivity contribution >= 4 is 11.5 Å². The van der Waals surface area contributed by atoms with Crippen LogP contribution < -0.4 is 4.90 Å². The predicted octanol–water partition coefficient (Wildman–Crippen LogP) is 2.89. The number of aliphatic hydroxyl groups excluding tert-OH is 1. The molecule has 6 heteroatoms. The topological polar surface area (TPSA) is 53.7 Å². The molecule has 3 heterocycles. The number of rotatable bonds is 2. The molecule has 0 radical (unpaired) electrons. The van der Waals surface area contributed by atoms with Gasteiger partial charge in [-0.1, -0.05) is 0 Å². The summed E-state index contributed by atoms with van der Waals surface area (Å²) in [5.41, 5.74) is 2.43. The highest BCUT2D eigenvalue weighted by atomic mass is 19.1. The Hall–Kier alpha value is -2.47. The van der Waals surface area contributed by atoms with Gasteiger partial charge in [0.1, 0.15) is 11.6 Å². The van der Waals surface area contributed by atoms with Gasteiger partial charge in [0.2, 0.25) is 0 Å². The van der Waals surface area contributed by atoms with Crippen LogP contribution >= 0.6 is 0 Å². The molecule has 0 spiro atoms. The first-order valence-corrected chi connectivity index (χ1v) is 8.24. The summed E-state index contributed by atoms with van der Waals surface area (Å²) >= 11 is 0. The van der Waals surface area contributed by atoms with Gasteiger partial charge in [-0.25, -0.2) is 9.37 Å². The summed E-state index contributed by atoms with van der Waals surface area (Å²) in [6.45, 7) is 1.65. The first-order chi connectivity index (χ1) is 11.7. The third kappa shape index (κ3) is 2.85. The van der Waals surface area contributed by atoms with Crippen LogP contribution in [0.3, 0.4) is 0 Å². The first kappa shape index (κ1) is 15.1. The third-order valence-electron chi connectivity index (χ3n) is 4.50. The van der Waals surface area contributed by atoms with E-state index in [4.69, 9.17) is 0 Å². The molecular weight excluding hydrogens is 307 g/mol. The molecule has 5 nitrogen and oxygen atoms in total. The van der Waals surface area contributed by atoms with Crippen molar-refractivity contribution in [2.45, 2.75) is 25.4 Å². The lowest BCUT2D eigenvalue weighted by Crippen LogP contribution is -2.27. The number of aromatic nitrogens is 3. The zero-order valence-electron chi connectivity index (χ0n) is 13.3. The quantitative estimate of drug-likeness (QED) is 0.787. The second-order valence-electron chi connectivity index (χ2n) is 6.18. The minimum atomic E-state index is -0.258. The molecular formula is C18H19FN4O. The third-order valence-corrected chi connectivity index (χ3v) is 4.50. The van der Waals surface area contributed by atoms with Crippen molar-refractivity contribution in [2.24, 2.45) is 0 Å². The minimum absolute atomic E-state index is 0.235. The number of nitrogens with zero attached hydrogens (tertiary/aromatic N) is 4. The molecule has 0 aliphatic carbocycles. The molecule has 1 atom stereocenters. The smallest absolute Gasteiger partial charge is 0.157 e. The molecule has 1 aliphatic rings. The standard InChI is InChI=1S/C18H19FN4O/c19-14-5-3-13(4-6-14)16-12-18(23-17(21-16)7-9-20-23)22-10-1-2-15(24)8-11-22/h3-7,9,12,15,24H,1-2,8,10-11H2. The Morgan fingerprint density at radius 2 is 1.92 bits per heavy atom. The highest BCUT2D eigenvalue weighted by Crippen LogP contribution is 2.26. The minimum Gasteiger partial charge on any atom is -0.393 e. The molecule has 2 aromatic heterocycles. The van der Waals surface area contributed by atoms with E-state index in [1.165, 1.54) is 12.1 Å². The number of hydrogen-bond donors (Lipinski definition) is 1. The summed E-state index contributed by atoms with van der Waals surface area (Å²) < 4.78 is 15.0. The van der Waals surface area contributed by atoms with Gasteiger partial charge in [-0.05, 0) is 43.5 Å². The van der Waals surface area contributed by atoms with Gasteiger partial charge in [0.15, 0.2) is 5.65 Å². The van der Waals surface area contributed by atoms with Crippen molar-refractivity contribution < 1.29 is 9.50 Å². The number of halogens is 1. The lowest BCUT2D eigenvalue weighted by atomic mass is 10.1. The van der Waals surface area contributed by atoms with Crippen LogP contribution in [0.4, 0.5) is 10.2 Å². The van der Waals surface area contributed by atoms with Crippen molar-refractivity contribution in [3.63, 3.8) is 0 Å². The maximum Gasteiger partial charge on any atom is 0.157 e. The van der Waals surface area contributed by atoms with Gasteiger partial charge < -0.3 is 10.0 Å². The zero-order valence-corrected chi connectivity index (χ0v) is 13.3. The van der Waals surface area contributed by atoms with Crippen molar-refractivity contribution in [1.29, 1.82) is 0 Å². The van der Waals surface area contributed by atoms with Gasteiger partial charge in [0.05, 0.1) is 18.0 Å². The van der Waals surface area contributed by atoms with Gasteiger partial charge in [-0.2, -0.15) is 9.61 Å². The Labute approximate surface area is 139 Å². The van der Waals surface area contributed by atoms with Crippen molar-refractivity contribution in [2.75, 3.05) is 18.0 Å². The second-order valence-corrected chi connectivity index (χ2v) is 6.18. The summed E-state index contributed by atoms with van der Waals surface area (Å²) in [7, 11) is 0. The van der Waals surface area contributed by atoms with E-state index < -0.39 is 0 Å². The van der Waals surface area contributed by atoms with Crippen LogP contribution in [0.5, 0.6) is 0 Å². The summed E-state index contributed by atoms with van der Waals surface area (Å²) in [5.74, 6) is 0.698. The summed E-state index contributed by atoms with van der Waals surface area (Å²) in [6, 6.07) is 10.2. The normalized spacial score (nSPS) is 18.8. The monoisotopic (exact) mass is 326 g/mol. The lowest BCUT2D eigenvalue weighted by Gasteiger charge is -2.23. The average molecular weight is 326 g/mol. The maximum atomic E-state index is 13.2. The van der Waals surface area contributed by atoms with Crippen LogP contribution in [0.15, 0.2) is 42.6 Å². The number of anilines is 1. The molecule has 24 heavy (non-hydrogen) atoms. The Morgan fingerprint density at radius 1 is 1.08 bits per heavy atom. The van der Waals surface area contributed by atoms with Crippen LogP contribution in [0.2, 0.25) is 0 Å². The molecule has 0 saturated carbocycles. The predicted molar refractivity (Wildman–Crippen MR) is 90.5 cm³/mol. The van der Waals surface area contributed by atoms with Crippen LogP contribution in [0.25, 0.3) is 16.9 Å². The Bertz CT molecular complexity index is 846. The van der Waals surface area contributed by atoms with Gasteiger partial charge >= 0.3 is 0 Å². The van der Waals surface area contributed by atoms with Crippen molar-refractivity contribution in [3.05, 3.63) is 48.4 Å². The summed E-state index contributed by atoms with van der Waals surface area (Å²) in [4.78, 5) is 6.87. The van der Waals surface area contributed by atoms with Gasteiger partial charge in [-0.3, -0.25) is 0 Å². The van der Waals surface area contributed by atoms with E-state index >= 15 is 0 Å². The van der Waals surface area contributed by atoms with Gasteiger partial charge in [-0.15, -0.1) is 0 Å². The molecule has 0 bridgehead atoms. The number of aliphatic hydroxyl groups is 1. The van der Waals surface area contributed by atoms with E-state index in [1.807, 2.05) is 16.6 Å².